The van der Waals surface area contributed by atoms with Crippen molar-refractivity contribution in [2.24, 2.45) is 11.3 Å². The number of likely N-dealkylation sites (tertiary alicyclic amines) is 1. The van der Waals surface area contributed by atoms with Crippen molar-refractivity contribution in [3.8, 4) is 11.8 Å². The molecule has 0 radical (unpaired) electrons. The molecule has 6 heteroatoms. The molecule has 3 rings (SSSR count). The summed E-state index contributed by atoms with van der Waals surface area (Å²) in [5.41, 5.74) is 0.653. The summed E-state index contributed by atoms with van der Waals surface area (Å²) in [6, 6.07) is 10.1. The van der Waals surface area contributed by atoms with Crippen LogP contribution in [0.15, 0.2) is 24.3 Å². The zero-order valence-corrected chi connectivity index (χ0v) is 16.0. The lowest BCUT2D eigenvalue weighted by Crippen LogP contribution is -2.49. The number of piperidine rings is 1. The van der Waals surface area contributed by atoms with Crippen LogP contribution < -0.4 is 10.1 Å². The van der Waals surface area contributed by atoms with Gasteiger partial charge in [-0.2, -0.15) is 5.26 Å². The molecular weight excluding hydrogens is 342 g/mol. The monoisotopic (exact) mass is 371 g/mol. The van der Waals surface area contributed by atoms with Gasteiger partial charge in [0.2, 0.25) is 0 Å². The van der Waals surface area contributed by atoms with E-state index in [-0.39, 0.29) is 11.8 Å². The first-order valence-electron chi connectivity index (χ1n) is 9.80. The highest BCUT2D eigenvalue weighted by atomic mass is 16.5. The number of nitrogens with zero attached hydrogens (tertiary/aromatic N) is 2. The highest BCUT2D eigenvalue weighted by Crippen LogP contribution is 2.35. The van der Waals surface area contributed by atoms with Crippen molar-refractivity contribution < 1.29 is 14.6 Å². The Kier molecular flexibility index (Phi) is 6.35. The van der Waals surface area contributed by atoms with Gasteiger partial charge in [0.05, 0.1) is 24.7 Å². The molecule has 6 nitrogen and oxygen atoms in total. The molecule has 1 saturated carbocycles. The Morgan fingerprint density at radius 2 is 2.19 bits per heavy atom. The fourth-order valence-electron chi connectivity index (χ4n) is 3.72. The molecule has 1 aliphatic carbocycles. The number of rotatable bonds is 9. The molecule has 1 aliphatic heterocycles. The van der Waals surface area contributed by atoms with Crippen molar-refractivity contribution in [1.82, 2.24) is 10.2 Å². The Bertz CT molecular complexity index is 692. The van der Waals surface area contributed by atoms with Gasteiger partial charge in [-0.1, -0.05) is 13.0 Å². The van der Waals surface area contributed by atoms with E-state index in [1.54, 1.807) is 12.1 Å². The molecule has 27 heavy (non-hydrogen) atoms. The van der Waals surface area contributed by atoms with E-state index >= 15 is 0 Å². The van der Waals surface area contributed by atoms with Crippen molar-refractivity contribution in [1.29, 1.82) is 5.26 Å². The fraction of sp³-hybridized carbons (Fsp3) is 0.619. The summed E-state index contributed by atoms with van der Waals surface area (Å²) in [5, 5.41) is 21.7. The zero-order valence-electron chi connectivity index (χ0n) is 16.0. The number of benzene rings is 1. The molecule has 2 aliphatic rings. The molecule has 2 atom stereocenters. The van der Waals surface area contributed by atoms with Crippen LogP contribution in [0.1, 0.15) is 38.2 Å². The fourth-order valence-corrected chi connectivity index (χ4v) is 3.72. The van der Waals surface area contributed by atoms with Gasteiger partial charge in [-0.15, -0.1) is 0 Å². The summed E-state index contributed by atoms with van der Waals surface area (Å²) in [6.07, 6.45) is 3.41. The number of hydrogen-bond acceptors (Lipinski definition) is 5. The van der Waals surface area contributed by atoms with Crippen LogP contribution in [0.4, 0.5) is 0 Å². The van der Waals surface area contributed by atoms with E-state index in [2.05, 4.69) is 23.2 Å². The van der Waals surface area contributed by atoms with Gasteiger partial charge in [0.15, 0.2) is 0 Å². The molecule has 2 fully saturated rings. The average molecular weight is 371 g/mol. The summed E-state index contributed by atoms with van der Waals surface area (Å²) < 4.78 is 6.10. The minimum absolute atomic E-state index is 0.0463. The second-order valence-electron chi connectivity index (χ2n) is 8.11. The van der Waals surface area contributed by atoms with Crippen molar-refractivity contribution >= 4 is 5.97 Å². The molecule has 0 unspecified atom stereocenters. The lowest BCUT2D eigenvalue weighted by Gasteiger charge is -2.41. The van der Waals surface area contributed by atoms with E-state index < -0.39 is 5.97 Å². The Morgan fingerprint density at radius 1 is 1.44 bits per heavy atom. The molecule has 0 bridgehead atoms. The van der Waals surface area contributed by atoms with E-state index in [0.717, 1.165) is 44.1 Å². The number of carboxylic acid groups (broad SMARTS) is 1. The van der Waals surface area contributed by atoms with Gasteiger partial charge in [-0.05, 0) is 56.5 Å². The highest BCUT2D eigenvalue weighted by molar-refractivity contribution is 5.66. The number of nitriles is 1. The second-order valence-corrected chi connectivity index (χ2v) is 8.11. The predicted molar refractivity (Wildman–Crippen MR) is 103 cm³/mol. The molecule has 1 aromatic carbocycles. The topological polar surface area (TPSA) is 85.6 Å². The summed E-state index contributed by atoms with van der Waals surface area (Å²) >= 11 is 0. The Balaban J connectivity index is 1.58. The Hall–Kier alpha value is -2.10. The van der Waals surface area contributed by atoms with Gasteiger partial charge < -0.3 is 20.1 Å². The first-order valence-corrected chi connectivity index (χ1v) is 9.80. The SMILES string of the molecule is C[C@@H]1C[C@H]1NCC1(COc2cccc(C#N)c2)CCN(CCC(=O)O)CC1. The number of aliphatic carboxylic acids is 1. The summed E-state index contributed by atoms with van der Waals surface area (Å²) in [6.45, 7) is 6.22. The Morgan fingerprint density at radius 3 is 2.81 bits per heavy atom. The van der Waals surface area contributed by atoms with E-state index in [1.807, 2.05) is 12.1 Å². The molecule has 0 aromatic heterocycles. The summed E-state index contributed by atoms with van der Waals surface area (Å²) in [5.74, 6) is 0.754. The highest BCUT2D eigenvalue weighted by Gasteiger charge is 2.39. The maximum Gasteiger partial charge on any atom is 0.304 e. The maximum atomic E-state index is 10.8. The molecular formula is C21H29N3O3. The van der Waals surface area contributed by atoms with E-state index in [9.17, 15) is 4.79 Å². The van der Waals surface area contributed by atoms with Gasteiger partial charge in [0, 0.05) is 24.5 Å². The zero-order chi connectivity index (χ0) is 19.3. The largest absolute Gasteiger partial charge is 0.493 e. The molecule has 0 amide bonds. The van der Waals surface area contributed by atoms with Crippen molar-refractivity contribution in [3.63, 3.8) is 0 Å². The molecule has 0 spiro atoms. The van der Waals surface area contributed by atoms with Crippen LogP contribution in [0, 0.1) is 22.7 Å². The minimum atomic E-state index is -0.739. The van der Waals surface area contributed by atoms with Gasteiger partial charge in [0.25, 0.3) is 0 Å². The molecule has 1 heterocycles. The third kappa shape index (κ3) is 5.69. The third-order valence-corrected chi connectivity index (χ3v) is 5.92. The second kappa shape index (κ2) is 8.73. The maximum absolute atomic E-state index is 10.8. The molecule has 146 valence electrons. The summed E-state index contributed by atoms with van der Waals surface area (Å²) in [7, 11) is 0. The van der Waals surface area contributed by atoms with Gasteiger partial charge in [0.1, 0.15) is 5.75 Å². The minimum Gasteiger partial charge on any atom is -0.493 e. The van der Waals surface area contributed by atoms with Crippen LogP contribution in [-0.4, -0.2) is 54.8 Å². The lowest BCUT2D eigenvalue weighted by molar-refractivity contribution is -0.137. The van der Waals surface area contributed by atoms with Crippen molar-refractivity contribution in [2.45, 2.75) is 38.6 Å². The quantitative estimate of drug-likeness (QED) is 0.694. The third-order valence-electron chi connectivity index (χ3n) is 5.92. The number of hydrogen-bond donors (Lipinski definition) is 2. The van der Waals surface area contributed by atoms with Crippen LogP contribution in [0.3, 0.4) is 0 Å². The normalized spacial score (nSPS) is 24.1. The van der Waals surface area contributed by atoms with Crippen LogP contribution in [0.2, 0.25) is 0 Å². The number of carboxylic acids is 1. The van der Waals surface area contributed by atoms with Crippen LogP contribution in [0.25, 0.3) is 0 Å². The predicted octanol–water partition coefficient (Wildman–Crippen LogP) is 2.49. The van der Waals surface area contributed by atoms with Gasteiger partial charge >= 0.3 is 5.97 Å². The van der Waals surface area contributed by atoms with Crippen LogP contribution in [0.5, 0.6) is 5.75 Å². The first kappa shape index (κ1) is 19.7. The molecule has 2 N–H and O–H groups in total. The molecule has 1 aromatic rings. The molecule has 1 saturated heterocycles. The van der Waals surface area contributed by atoms with E-state index in [0.29, 0.717) is 24.8 Å². The number of carbonyl (C=O) groups is 1. The smallest absolute Gasteiger partial charge is 0.304 e. The first-order chi connectivity index (χ1) is 13.0. The number of nitrogens with one attached hydrogen (secondary N) is 1. The van der Waals surface area contributed by atoms with Gasteiger partial charge in [-0.3, -0.25) is 4.79 Å². The average Bonchev–Trinajstić information content (AvgIpc) is 3.40. The van der Waals surface area contributed by atoms with E-state index in [1.165, 1.54) is 6.42 Å². The standard InChI is InChI=1S/C21H29N3O3/c1-16-11-19(16)23-14-21(6-9-24(10-7-21)8-5-20(25)26)15-27-18-4-2-3-17(12-18)13-22/h2-4,12,16,19,23H,5-11,14-15H2,1H3,(H,25,26)/t16-,19-/m1/s1. The van der Waals surface area contributed by atoms with Crippen LogP contribution >= 0.6 is 0 Å². The van der Waals surface area contributed by atoms with Crippen molar-refractivity contribution in [3.05, 3.63) is 29.8 Å². The van der Waals surface area contributed by atoms with Crippen molar-refractivity contribution in [2.75, 3.05) is 32.8 Å². The van der Waals surface area contributed by atoms with E-state index in [4.69, 9.17) is 15.1 Å². The number of ether oxygens (including phenoxy) is 1. The van der Waals surface area contributed by atoms with Crippen LogP contribution in [-0.2, 0) is 4.79 Å². The lowest BCUT2D eigenvalue weighted by atomic mass is 9.78. The van der Waals surface area contributed by atoms with Gasteiger partial charge in [-0.25, -0.2) is 0 Å². The summed E-state index contributed by atoms with van der Waals surface area (Å²) in [4.78, 5) is 13.1. The Labute approximate surface area is 161 Å².